The van der Waals surface area contributed by atoms with Gasteiger partial charge in [-0.1, -0.05) is 18.2 Å². The van der Waals surface area contributed by atoms with Crippen LogP contribution in [0.5, 0.6) is 0 Å². The summed E-state index contributed by atoms with van der Waals surface area (Å²) in [6.45, 7) is 2.07. The van der Waals surface area contributed by atoms with Crippen LogP contribution < -0.4 is 10.6 Å². The van der Waals surface area contributed by atoms with Crippen molar-refractivity contribution in [3.8, 4) is 0 Å². The van der Waals surface area contributed by atoms with Gasteiger partial charge in [0.25, 0.3) is 0 Å². The molecular formula is C18H22N4O2. The number of aryl methyl sites for hydroxylation is 1. The summed E-state index contributed by atoms with van der Waals surface area (Å²) in [5.74, 6) is -0.278. The lowest BCUT2D eigenvalue weighted by Gasteiger charge is -2.24. The second kappa shape index (κ2) is 6.02. The number of hydrogen-bond donors (Lipinski definition) is 2. The fraction of sp³-hybridized carbons (Fsp3) is 0.500. The minimum Gasteiger partial charge on any atom is -0.316 e. The Balaban J connectivity index is 1.78. The number of nitrogens with zero attached hydrogens (tertiary/aromatic N) is 2. The number of para-hydroxylation sites is 1. The van der Waals surface area contributed by atoms with Crippen LogP contribution in [0.25, 0.3) is 10.9 Å². The largest absolute Gasteiger partial charge is 0.316 e. The lowest BCUT2D eigenvalue weighted by atomic mass is 9.88. The van der Waals surface area contributed by atoms with Gasteiger partial charge in [-0.25, -0.2) is 0 Å². The second-order valence-electron chi connectivity index (χ2n) is 6.80. The van der Waals surface area contributed by atoms with Crippen molar-refractivity contribution in [3.63, 3.8) is 0 Å². The molecule has 1 aromatic heterocycles. The van der Waals surface area contributed by atoms with E-state index in [9.17, 15) is 9.59 Å². The van der Waals surface area contributed by atoms with Gasteiger partial charge in [0.15, 0.2) is 0 Å². The number of imide groups is 1. The number of nitrogens with one attached hydrogen (secondary N) is 2. The topological polar surface area (TPSA) is 76.0 Å². The monoisotopic (exact) mass is 326 g/mol. The van der Waals surface area contributed by atoms with Gasteiger partial charge in [-0.3, -0.25) is 19.6 Å². The first-order valence-electron chi connectivity index (χ1n) is 8.65. The van der Waals surface area contributed by atoms with Crippen LogP contribution in [0.1, 0.15) is 48.8 Å². The molecule has 2 N–H and O–H groups in total. The van der Waals surface area contributed by atoms with Crippen LogP contribution in [0.3, 0.4) is 0 Å². The first kappa shape index (κ1) is 15.3. The van der Waals surface area contributed by atoms with Crippen molar-refractivity contribution in [1.82, 2.24) is 20.4 Å². The summed E-state index contributed by atoms with van der Waals surface area (Å²) < 4.78 is 1.90. The van der Waals surface area contributed by atoms with E-state index in [1.807, 2.05) is 17.8 Å². The van der Waals surface area contributed by atoms with E-state index in [0.29, 0.717) is 18.8 Å². The molecule has 0 spiro atoms. The average molecular weight is 326 g/mol. The molecule has 24 heavy (non-hydrogen) atoms. The lowest BCUT2D eigenvalue weighted by Crippen LogP contribution is -2.39. The van der Waals surface area contributed by atoms with Gasteiger partial charge in [-0.2, -0.15) is 5.10 Å². The fourth-order valence-corrected chi connectivity index (χ4v) is 4.05. The number of carbonyl (C=O) groups is 2. The molecule has 2 amide bonds. The maximum Gasteiger partial charge on any atom is 0.235 e. The summed E-state index contributed by atoms with van der Waals surface area (Å²) in [6, 6.07) is 6.28. The lowest BCUT2D eigenvalue weighted by molar-refractivity contribution is -0.134. The highest BCUT2D eigenvalue weighted by atomic mass is 16.2. The summed E-state index contributed by atoms with van der Waals surface area (Å²) >= 11 is 0. The molecule has 0 saturated carbocycles. The molecule has 1 unspecified atom stereocenters. The van der Waals surface area contributed by atoms with Gasteiger partial charge in [0, 0.05) is 25.4 Å². The Morgan fingerprint density at radius 3 is 2.88 bits per heavy atom. The number of benzene rings is 1. The zero-order valence-corrected chi connectivity index (χ0v) is 13.8. The number of amides is 2. The highest BCUT2D eigenvalue weighted by Crippen LogP contribution is 2.35. The Kier molecular flexibility index (Phi) is 3.84. The van der Waals surface area contributed by atoms with Crippen molar-refractivity contribution in [2.45, 2.75) is 37.5 Å². The molecule has 2 saturated heterocycles. The van der Waals surface area contributed by atoms with Gasteiger partial charge in [0.05, 0.1) is 17.1 Å². The molecule has 1 aromatic carbocycles. The molecule has 2 aromatic rings. The third kappa shape index (κ3) is 2.51. The molecular weight excluding hydrogens is 304 g/mol. The minimum absolute atomic E-state index is 0.189. The number of piperidine rings is 2. The number of rotatable bonds is 2. The summed E-state index contributed by atoms with van der Waals surface area (Å²) in [7, 11) is 1.94. The summed E-state index contributed by atoms with van der Waals surface area (Å²) in [5, 5.41) is 11.6. The van der Waals surface area contributed by atoms with E-state index in [2.05, 4.69) is 27.9 Å². The molecule has 2 aliphatic heterocycles. The van der Waals surface area contributed by atoms with E-state index >= 15 is 0 Å². The highest BCUT2D eigenvalue weighted by Gasteiger charge is 2.32. The normalized spacial score (nSPS) is 25.0. The molecule has 6 nitrogen and oxygen atoms in total. The Morgan fingerprint density at radius 2 is 2.12 bits per heavy atom. The van der Waals surface area contributed by atoms with Gasteiger partial charge in [0.1, 0.15) is 0 Å². The van der Waals surface area contributed by atoms with Crippen molar-refractivity contribution in [1.29, 1.82) is 0 Å². The molecule has 0 radical (unpaired) electrons. The van der Waals surface area contributed by atoms with E-state index in [4.69, 9.17) is 0 Å². The van der Waals surface area contributed by atoms with E-state index < -0.39 is 0 Å². The van der Waals surface area contributed by atoms with Crippen LogP contribution >= 0.6 is 0 Å². The maximum absolute atomic E-state index is 12.3. The van der Waals surface area contributed by atoms with Crippen molar-refractivity contribution >= 4 is 22.7 Å². The predicted octanol–water partition coefficient (Wildman–Crippen LogP) is 1.56. The first-order chi connectivity index (χ1) is 11.6. The summed E-state index contributed by atoms with van der Waals surface area (Å²) in [6.07, 6.45) is 3.26. The SMILES string of the molecule is Cn1nc(C2CCC(=O)NC2=O)c2cccc([C@@H]3CCCNC3)c21. The molecule has 2 aliphatic rings. The minimum atomic E-state index is -0.342. The van der Waals surface area contributed by atoms with Crippen LogP contribution in [0.2, 0.25) is 0 Å². The third-order valence-corrected chi connectivity index (χ3v) is 5.23. The molecule has 2 atom stereocenters. The number of hydrogen-bond acceptors (Lipinski definition) is 4. The fourth-order valence-electron chi connectivity index (χ4n) is 4.05. The average Bonchev–Trinajstić information content (AvgIpc) is 2.93. The van der Waals surface area contributed by atoms with Crippen LogP contribution in [0, 0.1) is 0 Å². The smallest absolute Gasteiger partial charge is 0.235 e. The van der Waals surface area contributed by atoms with Gasteiger partial charge in [-0.05, 0) is 37.3 Å². The Hall–Kier alpha value is -2.21. The molecule has 0 bridgehead atoms. The summed E-state index contributed by atoms with van der Waals surface area (Å²) in [4.78, 5) is 23.7. The Labute approximate surface area is 140 Å². The molecule has 126 valence electrons. The van der Waals surface area contributed by atoms with Crippen molar-refractivity contribution in [3.05, 3.63) is 29.5 Å². The van der Waals surface area contributed by atoms with Crippen LogP contribution in [-0.2, 0) is 16.6 Å². The molecule has 3 heterocycles. The van der Waals surface area contributed by atoms with Gasteiger partial charge >= 0.3 is 0 Å². The third-order valence-electron chi connectivity index (χ3n) is 5.23. The standard InChI is InChI=1S/C18H22N4O2/c1-22-17-12(11-4-3-9-19-10-11)5-2-6-13(17)16(21-22)14-7-8-15(23)20-18(14)24/h2,5-6,11,14,19H,3-4,7-10H2,1H3,(H,20,23,24)/t11-,14?/m1/s1. The predicted molar refractivity (Wildman–Crippen MR) is 90.7 cm³/mol. The van der Waals surface area contributed by atoms with Crippen molar-refractivity contribution in [2.24, 2.45) is 7.05 Å². The highest BCUT2D eigenvalue weighted by molar-refractivity contribution is 6.02. The van der Waals surface area contributed by atoms with Crippen LogP contribution in [0.15, 0.2) is 18.2 Å². The van der Waals surface area contributed by atoms with E-state index in [1.54, 1.807) is 0 Å². The van der Waals surface area contributed by atoms with E-state index in [-0.39, 0.29) is 17.7 Å². The van der Waals surface area contributed by atoms with E-state index in [1.165, 1.54) is 18.4 Å². The zero-order valence-electron chi connectivity index (χ0n) is 13.8. The molecule has 4 rings (SSSR count). The second-order valence-corrected chi connectivity index (χ2v) is 6.80. The quantitative estimate of drug-likeness (QED) is 0.821. The van der Waals surface area contributed by atoms with Crippen LogP contribution in [0.4, 0.5) is 0 Å². The maximum atomic E-state index is 12.3. The van der Waals surface area contributed by atoms with Gasteiger partial charge in [-0.15, -0.1) is 0 Å². The van der Waals surface area contributed by atoms with Gasteiger partial charge < -0.3 is 5.32 Å². The van der Waals surface area contributed by atoms with E-state index in [0.717, 1.165) is 29.7 Å². The van der Waals surface area contributed by atoms with Gasteiger partial charge in [0.2, 0.25) is 11.8 Å². The van der Waals surface area contributed by atoms with Crippen molar-refractivity contribution in [2.75, 3.05) is 13.1 Å². The molecule has 6 heteroatoms. The van der Waals surface area contributed by atoms with Crippen molar-refractivity contribution < 1.29 is 9.59 Å². The summed E-state index contributed by atoms with van der Waals surface area (Å²) in [5.41, 5.74) is 3.21. The Bertz CT molecular complexity index is 805. The molecule has 2 fully saturated rings. The number of carbonyl (C=O) groups excluding carboxylic acids is 2. The number of fused-ring (bicyclic) bond motifs is 1. The molecule has 0 aliphatic carbocycles. The van der Waals surface area contributed by atoms with Crippen LogP contribution in [-0.4, -0.2) is 34.7 Å². The number of aromatic nitrogens is 2. The zero-order chi connectivity index (χ0) is 16.7. The first-order valence-corrected chi connectivity index (χ1v) is 8.65. The Morgan fingerprint density at radius 1 is 1.25 bits per heavy atom.